The lowest BCUT2D eigenvalue weighted by atomic mass is 10.0. The summed E-state index contributed by atoms with van der Waals surface area (Å²) >= 11 is 14.2. The molecule has 0 saturated heterocycles. The Morgan fingerprint density at radius 1 is 1.29 bits per heavy atom. The Balaban J connectivity index is 1.99. The number of nitrogens with one attached hydrogen (secondary N) is 1. The average molecular weight is 341 g/mol. The van der Waals surface area contributed by atoms with Gasteiger partial charge in [-0.25, -0.2) is 4.98 Å². The van der Waals surface area contributed by atoms with Crippen molar-refractivity contribution in [3.63, 3.8) is 0 Å². The van der Waals surface area contributed by atoms with Crippen molar-refractivity contribution in [1.29, 1.82) is 0 Å². The number of halogens is 2. The zero-order chi connectivity index (χ0) is 14.8. The number of aromatic nitrogens is 1. The summed E-state index contributed by atoms with van der Waals surface area (Å²) in [5.74, 6) is 0. The van der Waals surface area contributed by atoms with Gasteiger partial charge in [-0.3, -0.25) is 0 Å². The fraction of sp³-hybridized carbons (Fsp3) is 0.438. The van der Waals surface area contributed by atoms with Crippen molar-refractivity contribution < 1.29 is 0 Å². The molecule has 1 N–H and O–H groups in total. The number of benzene rings is 1. The van der Waals surface area contributed by atoms with Gasteiger partial charge in [0.05, 0.1) is 11.7 Å². The van der Waals surface area contributed by atoms with Gasteiger partial charge in [-0.15, -0.1) is 11.3 Å². The lowest BCUT2D eigenvalue weighted by Crippen LogP contribution is -2.22. The molecule has 2 nitrogen and oxygen atoms in total. The topological polar surface area (TPSA) is 24.9 Å². The first kappa shape index (κ1) is 15.3. The van der Waals surface area contributed by atoms with E-state index in [1.165, 1.54) is 29.8 Å². The zero-order valence-corrected chi connectivity index (χ0v) is 14.3. The van der Waals surface area contributed by atoms with E-state index in [2.05, 4.69) is 12.2 Å². The van der Waals surface area contributed by atoms with Crippen molar-refractivity contribution in [1.82, 2.24) is 10.3 Å². The molecule has 0 spiro atoms. The summed E-state index contributed by atoms with van der Waals surface area (Å²) in [5, 5.41) is 5.98. The molecule has 1 aliphatic carbocycles. The second kappa shape index (κ2) is 6.66. The van der Waals surface area contributed by atoms with Crippen LogP contribution in [0.25, 0.3) is 0 Å². The quantitative estimate of drug-likeness (QED) is 0.844. The molecule has 0 fully saturated rings. The Morgan fingerprint density at radius 3 is 2.81 bits per heavy atom. The van der Waals surface area contributed by atoms with Crippen LogP contribution in [0.1, 0.15) is 46.9 Å². The molecule has 112 valence electrons. The second-order valence-corrected chi connectivity index (χ2v) is 7.24. The molecule has 21 heavy (non-hydrogen) atoms. The minimum absolute atomic E-state index is 0.0513. The van der Waals surface area contributed by atoms with E-state index >= 15 is 0 Å². The van der Waals surface area contributed by atoms with Gasteiger partial charge in [-0.2, -0.15) is 0 Å². The monoisotopic (exact) mass is 340 g/mol. The molecule has 0 saturated carbocycles. The van der Waals surface area contributed by atoms with E-state index in [0.717, 1.165) is 23.5 Å². The molecule has 1 aromatic carbocycles. The maximum Gasteiger partial charge on any atom is 0.115 e. The van der Waals surface area contributed by atoms with Gasteiger partial charge >= 0.3 is 0 Å². The zero-order valence-electron chi connectivity index (χ0n) is 12.0. The molecule has 0 aliphatic heterocycles. The van der Waals surface area contributed by atoms with Crippen LogP contribution in [0.3, 0.4) is 0 Å². The van der Waals surface area contributed by atoms with Crippen molar-refractivity contribution in [2.24, 2.45) is 0 Å². The fourth-order valence-corrected chi connectivity index (χ4v) is 4.53. The molecular weight excluding hydrogens is 323 g/mol. The highest BCUT2D eigenvalue weighted by Crippen LogP contribution is 2.35. The van der Waals surface area contributed by atoms with Gasteiger partial charge in [0.2, 0.25) is 0 Å². The summed E-state index contributed by atoms with van der Waals surface area (Å²) in [6.45, 7) is 2.97. The van der Waals surface area contributed by atoms with Crippen molar-refractivity contribution in [3.05, 3.63) is 49.4 Å². The van der Waals surface area contributed by atoms with Gasteiger partial charge in [0, 0.05) is 14.9 Å². The highest BCUT2D eigenvalue weighted by atomic mass is 35.5. The molecule has 0 bridgehead atoms. The molecule has 1 unspecified atom stereocenters. The van der Waals surface area contributed by atoms with Gasteiger partial charge in [0.1, 0.15) is 5.01 Å². The minimum Gasteiger partial charge on any atom is -0.304 e. The van der Waals surface area contributed by atoms with Crippen LogP contribution in [-0.4, -0.2) is 11.5 Å². The highest BCUT2D eigenvalue weighted by Gasteiger charge is 2.23. The highest BCUT2D eigenvalue weighted by molar-refractivity contribution is 7.11. The molecule has 1 aromatic heterocycles. The maximum absolute atomic E-state index is 6.39. The van der Waals surface area contributed by atoms with Gasteiger partial charge in [0.15, 0.2) is 0 Å². The molecule has 1 aliphatic rings. The summed E-state index contributed by atoms with van der Waals surface area (Å²) in [5.41, 5.74) is 2.34. The van der Waals surface area contributed by atoms with Crippen molar-refractivity contribution >= 4 is 34.5 Å². The molecule has 5 heteroatoms. The van der Waals surface area contributed by atoms with E-state index in [1.807, 2.05) is 23.5 Å². The van der Waals surface area contributed by atoms with Gasteiger partial charge < -0.3 is 5.32 Å². The number of hydrogen-bond donors (Lipinski definition) is 1. The minimum atomic E-state index is 0.0513. The number of thiazole rings is 1. The van der Waals surface area contributed by atoms with E-state index < -0.39 is 0 Å². The molecule has 0 radical (unpaired) electrons. The summed E-state index contributed by atoms with van der Waals surface area (Å²) in [6.07, 6.45) is 4.81. The summed E-state index contributed by atoms with van der Waals surface area (Å²) in [7, 11) is 0. The van der Waals surface area contributed by atoms with Crippen LogP contribution in [-0.2, 0) is 12.8 Å². The maximum atomic E-state index is 6.39. The first-order chi connectivity index (χ1) is 10.2. The van der Waals surface area contributed by atoms with E-state index in [9.17, 15) is 0 Å². The van der Waals surface area contributed by atoms with Crippen molar-refractivity contribution in [2.45, 2.75) is 38.6 Å². The molecule has 1 heterocycles. The predicted octanol–water partition coefficient (Wildman–Crippen LogP) is 5.03. The van der Waals surface area contributed by atoms with Crippen LogP contribution in [0.15, 0.2) is 18.2 Å². The van der Waals surface area contributed by atoms with Gasteiger partial charge in [0.25, 0.3) is 0 Å². The SMILES string of the molecule is CCNC(c1nc2c(s1)CCCC2)c1ccc(Cl)cc1Cl. The first-order valence-corrected chi connectivity index (χ1v) is 8.93. The molecule has 1 atom stereocenters. The van der Waals surface area contributed by atoms with Gasteiger partial charge in [-0.1, -0.05) is 36.2 Å². The lowest BCUT2D eigenvalue weighted by molar-refractivity contribution is 0.621. The number of hydrogen-bond acceptors (Lipinski definition) is 3. The lowest BCUT2D eigenvalue weighted by Gasteiger charge is -2.17. The van der Waals surface area contributed by atoms with Gasteiger partial charge in [-0.05, 0) is 49.9 Å². The number of rotatable bonds is 4. The van der Waals surface area contributed by atoms with E-state index in [0.29, 0.717) is 10.0 Å². The fourth-order valence-electron chi connectivity index (χ4n) is 2.77. The van der Waals surface area contributed by atoms with Crippen LogP contribution in [0.5, 0.6) is 0 Å². The van der Waals surface area contributed by atoms with Crippen LogP contribution in [0.4, 0.5) is 0 Å². The third-order valence-corrected chi connectivity index (χ3v) is 5.58. The van der Waals surface area contributed by atoms with Crippen molar-refractivity contribution in [3.8, 4) is 0 Å². The third kappa shape index (κ3) is 3.26. The summed E-state index contributed by atoms with van der Waals surface area (Å²) in [6, 6.07) is 5.74. The Bertz CT molecular complexity index is 616. The summed E-state index contributed by atoms with van der Waals surface area (Å²) in [4.78, 5) is 6.32. The molecular formula is C16H18Cl2N2S. The van der Waals surface area contributed by atoms with Crippen LogP contribution in [0.2, 0.25) is 10.0 Å². The molecule has 3 rings (SSSR count). The van der Waals surface area contributed by atoms with E-state index in [4.69, 9.17) is 28.2 Å². The number of aryl methyl sites for hydroxylation is 2. The normalized spacial score (nSPS) is 15.8. The standard InChI is InChI=1S/C16H18Cl2N2S/c1-2-19-15(11-8-7-10(17)9-12(11)18)16-20-13-5-3-4-6-14(13)21-16/h7-9,15,19H,2-6H2,1H3. The second-order valence-electron chi connectivity index (χ2n) is 5.29. The van der Waals surface area contributed by atoms with Crippen LogP contribution >= 0.6 is 34.5 Å². The largest absolute Gasteiger partial charge is 0.304 e. The van der Waals surface area contributed by atoms with E-state index in [1.54, 1.807) is 6.07 Å². The third-order valence-electron chi connectivity index (χ3n) is 3.79. The first-order valence-electron chi connectivity index (χ1n) is 7.36. The smallest absolute Gasteiger partial charge is 0.115 e. The Kier molecular flexibility index (Phi) is 4.85. The number of nitrogens with zero attached hydrogens (tertiary/aromatic N) is 1. The summed E-state index contributed by atoms with van der Waals surface area (Å²) < 4.78 is 0. The molecule has 0 amide bonds. The van der Waals surface area contributed by atoms with Crippen molar-refractivity contribution in [2.75, 3.05) is 6.54 Å². The number of fused-ring (bicyclic) bond motifs is 1. The van der Waals surface area contributed by atoms with E-state index in [-0.39, 0.29) is 6.04 Å². The average Bonchev–Trinajstić information content (AvgIpc) is 2.89. The Morgan fingerprint density at radius 2 is 2.10 bits per heavy atom. The predicted molar refractivity (Wildman–Crippen MR) is 90.7 cm³/mol. The molecule has 2 aromatic rings. The Labute approximate surface area is 139 Å². The van der Waals surface area contributed by atoms with Crippen LogP contribution < -0.4 is 5.32 Å². The Hall–Kier alpha value is -0.610. The van der Waals surface area contributed by atoms with Crippen LogP contribution in [0, 0.1) is 0 Å².